The van der Waals surface area contributed by atoms with Crippen LogP contribution in [0.25, 0.3) is 5.69 Å². The Kier molecular flexibility index (Phi) is 4.54. The van der Waals surface area contributed by atoms with Crippen LogP contribution in [0.2, 0.25) is 5.02 Å². The van der Waals surface area contributed by atoms with Gasteiger partial charge < -0.3 is 4.90 Å². The van der Waals surface area contributed by atoms with Gasteiger partial charge in [0, 0.05) is 30.3 Å². The number of nitriles is 1. The van der Waals surface area contributed by atoms with E-state index in [-0.39, 0.29) is 0 Å². The summed E-state index contributed by atoms with van der Waals surface area (Å²) in [5.74, 6) is 0. The molecule has 0 fully saturated rings. The summed E-state index contributed by atoms with van der Waals surface area (Å²) in [7, 11) is 0. The molecule has 3 rings (SSSR count). The SMILES string of the molecule is CCN(c1ccc(C#N)c(Cl)c1)c1cc(-n2cccn2)ccc1C. The summed E-state index contributed by atoms with van der Waals surface area (Å²) in [6.07, 6.45) is 3.68. The van der Waals surface area contributed by atoms with Crippen molar-refractivity contribution in [3.8, 4) is 11.8 Å². The molecule has 0 N–H and O–H groups in total. The Morgan fingerprint density at radius 3 is 2.71 bits per heavy atom. The van der Waals surface area contributed by atoms with Crippen LogP contribution in [0.1, 0.15) is 18.1 Å². The van der Waals surface area contributed by atoms with Crippen molar-refractivity contribution in [3.05, 3.63) is 71.0 Å². The lowest BCUT2D eigenvalue weighted by Crippen LogP contribution is -2.17. The Labute approximate surface area is 146 Å². The molecule has 0 atom stereocenters. The highest BCUT2D eigenvalue weighted by Crippen LogP contribution is 2.32. The third kappa shape index (κ3) is 2.99. The van der Waals surface area contributed by atoms with E-state index in [1.54, 1.807) is 12.3 Å². The van der Waals surface area contributed by atoms with E-state index < -0.39 is 0 Å². The molecule has 0 radical (unpaired) electrons. The van der Waals surface area contributed by atoms with Crippen molar-refractivity contribution in [1.82, 2.24) is 9.78 Å². The van der Waals surface area contributed by atoms with Crippen LogP contribution in [-0.4, -0.2) is 16.3 Å². The van der Waals surface area contributed by atoms with E-state index in [9.17, 15) is 0 Å². The molecule has 4 nitrogen and oxygen atoms in total. The number of rotatable bonds is 4. The highest BCUT2D eigenvalue weighted by molar-refractivity contribution is 6.32. The fourth-order valence-electron chi connectivity index (χ4n) is 2.71. The first kappa shape index (κ1) is 16.1. The summed E-state index contributed by atoms with van der Waals surface area (Å²) < 4.78 is 1.84. The van der Waals surface area contributed by atoms with Gasteiger partial charge in [0.15, 0.2) is 0 Å². The van der Waals surface area contributed by atoms with Gasteiger partial charge in [0.1, 0.15) is 6.07 Å². The molecule has 0 amide bonds. The summed E-state index contributed by atoms with van der Waals surface area (Å²) in [5.41, 5.74) is 4.69. The van der Waals surface area contributed by atoms with Crippen LogP contribution in [0.15, 0.2) is 54.9 Å². The molecule has 0 unspecified atom stereocenters. The lowest BCUT2D eigenvalue weighted by molar-refractivity contribution is 0.877. The first-order valence-electron chi connectivity index (χ1n) is 7.72. The zero-order chi connectivity index (χ0) is 17.1. The van der Waals surface area contributed by atoms with Gasteiger partial charge in [-0.1, -0.05) is 17.7 Å². The minimum atomic E-state index is 0.467. The van der Waals surface area contributed by atoms with Crippen LogP contribution < -0.4 is 4.90 Å². The standard InChI is InChI=1S/C19H17ClN4/c1-3-23(16-8-6-15(13-21)18(20)11-16)19-12-17(7-5-14(19)2)24-10-4-9-22-24/h4-12H,3H2,1-2H3. The second kappa shape index (κ2) is 6.77. The van der Waals surface area contributed by atoms with Crippen LogP contribution in [0.3, 0.4) is 0 Å². The maximum atomic E-state index is 9.05. The van der Waals surface area contributed by atoms with Crippen LogP contribution in [-0.2, 0) is 0 Å². The largest absolute Gasteiger partial charge is 0.341 e. The maximum Gasteiger partial charge on any atom is 0.101 e. The van der Waals surface area contributed by atoms with Gasteiger partial charge in [0.2, 0.25) is 0 Å². The molecular weight excluding hydrogens is 320 g/mol. The van der Waals surface area contributed by atoms with E-state index >= 15 is 0 Å². The molecule has 0 saturated heterocycles. The Balaban J connectivity index is 2.06. The summed E-state index contributed by atoms with van der Waals surface area (Å²) >= 11 is 6.21. The van der Waals surface area contributed by atoms with Gasteiger partial charge in [-0.15, -0.1) is 0 Å². The lowest BCUT2D eigenvalue weighted by Gasteiger charge is -2.26. The number of aryl methyl sites for hydroxylation is 1. The van der Waals surface area contributed by atoms with Crippen molar-refractivity contribution in [2.24, 2.45) is 0 Å². The predicted octanol–water partition coefficient (Wildman–Crippen LogP) is 4.86. The van der Waals surface area contributed by atoms with Gasteiger partial charge in [-0.05, 0) is 55.8 Å². The Morgan fingerprint density at radius 2 is 2.08 bits per heavy atom. The van der Waals surface area contributed by atoms with E-state index in [0.717, 1.165) is 29.2 Å². The van der Waals surface area contributed by atoms with Gasteiger partial charge >= 0.3 is 0 Å². The molecule has 1 heterocycles. The van der Waals surface area contributed by atoms with Crippen molar-refractivity contribution in [3.63, 3.8) is 0 Å². The van der Waals surface area contributed by atoms with Crippen LogP contribution in [0.4, 0.5) is 11.4 Å². The van der Waals surface area contributed by atoms with Crippen molar-refractivity contribution < 1.29 is 0 Å². The fraction of sp³-hybridized carbons (Fsp3) is 0.158. The first-order valence-corrected chi connectivity index (χ1v) is 8.09. The topological polar surface area (TPSA) is 44.9 Å². The van der Waals surface area contributed by atoms with Crippen molar-refractivity contribution in [1.29, 1.82) is 5.26 Å². The molecule has 2 aromatic carbocycles. The van der Waals surface area contributed by atoms with Crippen molar-refractivity contribution in [2.75, 3.05) is 11.4 Å². The minimum absolute atomic E-state index is 0.467. The molecule has 5 heteroatoms. The monoisotopic (exact) mass is 336 g/mol. The molecule has 24 heavy (non-hydrogen) atoms. The molecule has 0 aliphatic carbocycles. The van der Waals surface area contributed by atoms with Crippen LogP contribution in [0.5, 0.6) is 0 Å². The Morgan fingerprint density at radius 1 is 1.25 bits per heavy atom. The average molecular weight is 337 g/mol. The zero-order valence-electron chi connectivity index (χ0n) is 13.6. The number of nitrogens with zero attached hydrogens (tertiary/aromatic N) is 4. The first-order chi connectivity index (χ1) is 11.6. The summed E-state index contributed by atoms with van der Waals surface area (Å²) in [5, 5.41) is 13.8. The third-order valence-electron chi connectivity index (χ3n) is 3.95. The number of hydrogen-bond acceptors (Lipinski definition) is 3. The van der Waals surface area contributed by atoms with Gasteiger partial charge in [-0.3, -0.25) is 0 Å². The number of aromatic nitrogens is 2. The fourth-order valence-corrected chi connectivity index (χ4v) is 2.92. The minimum Gasteiger partial charge on any atom is -0.341 e. The van der Waals surface area contributed by atoms with Crippen molar-refractivity contribution >= 4 is 23.0 Å². The molecule has 0 aliphatic rings. The molecule has 0 bridgehead atoms. The smallest absolute Gasteiger partial charge is 0.101 e. The van der Waals surface area contributed by atoms with Crippen LogP contribution >= 0.6 is 11.6 Å². The molecule has 3 aromatic rings. The number of anilines is 2. The van der Waals surface area contributed by atoms with Gasteiger partial charge in [0.05, 0.1) is 16.3 Å². The quantitative estimate of drug-likeness (QED) is 0.683. The maximum absolute atomic E-state index is 9.05. The summed E-state index contributed by atoms with van der Waals surface area (Å²) in [6.45, 7) is 4.95. The highest BCUT2D eigenvalue weighted by atomic mass is 35.5. The summed E-state index contributed by atoms with van der Waals surface area (Å²) in [4.78, 5) is 2.18. The van der Waals surface area contributed by atoms with Gasteiger partial charge in [-0.2, -0.15) is 10.4 Å². The molecule has 1 aromatic heterocycles. The van der Waals surface area contributed by atoms with E-state index in [4.69, 9.17) is 16.9 Å². The molecule has 0 spiro atoms. The Hall–Kier alpha value is -2.77. The number of hydrogen-bond donors (Lipinski definition) is 0. The zero-order valence-corrected chi connectivity index (χ0v) is 14.3. The molecule has 120 valence electrons. The van der Waals surface area contributed by atoms with E-state index in [1.165, 1.54) is 0 Å². The number of benzene rings is 2. The average Bonchev–Trinajstić information content (AvgIpc) is 3.12. The normalized spacial score (nSPS) is 10.4. The Bertz CT molecular complexity index is 894. The highest BCUT2D eigenvalue weighted by Gasteiger charge is 2.13. The lowest BCUT2D eigenvalue weighted by atomic mass is 10.1. The van der Waals surface area contributed by atoms with Crippen LogP contribution in [0, 0.1) is 18.3 Å². The second-order valence-electron chi connectivity index (χ2n) is 5.44. The van der Waals surface area contributed by atoms with E-state index in [0.29, 0.717) is 10.6 Å². The van der Waals surface area contributed by atoms with Crippen molar-refractivity contribution in [2.45, 2.75) is 13.8 Å². The molecule has 0 aliphatic heterocycles. The number of halogens is 1. The molecule has 0 saturated carbocycles. The van der Waals surface area contributed by atoms with E-state index in [1.807, 2.05) is 35.1 Å². The molecular formula is C19H17ClN4. The van der Waals surface area contributed by atoms with E-state index in [2.05, 4.69) is 42.0 Å². The second-order valence-corrected chi connectivity index (χ2v) is 5.85. The van der Waals surface area contributed by atoms with Gasteiger partial charge in [-0.25, -0.2) is 4.68 Å². The van der Waals surface area contributed by atoms with Gasteiger partial charge in [0.25, 0.3) is 0 Å². The third-order valence-corrected chi connectivity index (χ3v) is 4.27. The summed E-state index contributed by atoms with van der Waals surface area (Å²) in [6, 6.07) is 15.8. The predicted molar refractivity (Wildman–Crippen MR) is 97.1 cm³/mol.